The van der Waals surface area contributed by atoms with Gasteiger partial charge in [0.25, 0.3) is 10.0 Å². The lowest BCUT2D eigenvalue weighted by Crippen LogP contribution is -2.30. The van der Waals surface area contributed by atoms with Crippen molar-refractivity contribution in [1.82, 2.24) is 4.98 Å². The molecule has 1 atom stereocenters. The number of rotatable bonds is 8. The Kier molecular flexibility index (Phi) is 7.75. The summed E-state index contributed by atoms with van der Waals surface area (Å²) >= 11 is 7.59. The lowest BCUT2D eigenvalue weighted by molar-refractivity contribution is 0.0622. The minimum Gasteiger partial charge on any atom is -0.508 e. The van der Waals surface area contributed by atoms with Crippen molar-refractivity contribution in [3.05, 3.63) is 47.1 Å². The number of benzene rings is 2. The van der Waals surface area contributed by atoms with Crippen LogP contribution in [0.4, 0.5) is 10.8 Å². The van der Waals surface area contributed by atoms with Crippen molar-refractivity contribution in [3.63, 3.8) is 0 Å². The van der Waals surface area contributed by atoms with Crippen LogP contribution in [0.25, 0.3) is 10.4 Å². The maximum absolute atomic E-state index is 13.3. The van der Waals surface area contributed by atoms with Crippen molar-refractivity contribution >= 4 is 43.8 Å². The third kappa shape index (κ3) is 5.83. The number of aromatic hydroxyl groups is 1. The Balaban J connectivity index is 1.62. The molecule has 8 nitrogen and oxygen atoms in total. The highest BCUT2D eigenvalue weighted by atomic mass is 35.5. The van der Waals surface area contributed by atoms with Gasteiger partial charge in [0.15, 0.2) is 5.13 Å². The number of ether oxygens (including phenoxy) is 2. The zero-order valence-corrected chi connectivity index (χ0v) is 22.1. The molecule has 2 heterocycles. The first-order chi connectivity index (χ1) is 16.7. The number of phenolic OH excluding ortho intramolecular Hbond substituents is 1. The summed E-state index contributed by atoms with van der Waals surface area (Å²) in [5, 5.41) is 13.9. The predicted molar refractivity (Wildman–Crippen MR) is 139 cm³/mol. The molecule has 1 fully saturated rings. The predicted octanol–water partition coefficient (Wildman–Crippen LogP) is 5.51. The van der Waals surface area contributed by atoms with E-state index >= 15 is 0 Å². The van der Waals surface area contributed by atoms with E-state index in [1.807, 2.05) is 13.0 Å². The van der Waals surface area contributed by atoms with E-state index in [1.165, 1.54) is 36.6 Å². The van der Waals surface area contributed by atoms with Crippen molar-refractivity contribution in [2.24, 2.45) is 5.92 Å². The van der Waals surface area contributed by atoms with Crippen LogP contribution < -0.4 is 14.8 Å². The molecular formula is C24H28ClN3O5S2. The van der Waals surface area contributed by atoms with E-state index in [4.69, 9.17) is 21.1 Å². The molecule has 11 heteroatoms. The maximum Gasteiger partial charge on any atom is 0.265 e. The molecule has 1 aliphatic heterocycles. The molecular weight excluding hydrogens is 510 g/mol. The number of nitrogens with zero attached hydrogens (tertiary/aromatic N) is 1. The van der Waals surface area contributed by atoms with Crippen molar-refractivity contribution in [2.75, 3.05) is 30.4 Å². The molecule has 0 amide bonds. The Labute approximate surface area is 214 Å². The van der Waals surface area contributed by atoms with Crippen LogP contribution in [0.1, 0.15) is 25.5 Å². The van der Waals surface area contributed by atoms with Gasteiger partial charge in [0, 0.05) is 25.3 Å². The summed E-state index contributed by atoms with van der Waals surface area (Å²) in [4.78, 5) is 5.52. The van der Waals surface area contributed by atoms with E-state index in [9.17, 15) is 13.5 Å². The summed E-state index contributed by atoms with van der Waals surface area (Å²) in [5.74, 6) is 0.658. The first-order valence-electron chi connectivity index (χ1n) is 11.2. The standard InChI is InChI=1S/C24H28ClN3O5S2/c1-14(16-8-10-33-11-9-16)26-24-27-15(2)23(34-24)17-4-7-21(32-3)22(12-17)35(30,31)28-20-6-5-18(29)13-19(20)25/h4-7,12-14,16,28-29H,8-11H2,1-3H3,(H,26,27). The fraction of sp³-hybridized carbons (Fsp3) is 0.375. The van der Waals surface area contributed by atoms with E-state index in [1.54, 1.807) is 12.1 Å². The molecule has 1 aromatic heterocycles. The molecule has 3 aromatic rings. The first-order valence-corrected chi connectivity index (χ1v) is 13.9. The minimum atomic E-state index is -4.05. The molecule has 188 valence electrons. The van der Waals surface area contributed by atoms with Crippen LogP contribution in [-0.2, 0) is 14.8 Å². The number of anilines is 2. The number of methoxy groups -OCH3 is 1. The van der Waals surface area contributed by atoms with Gasteiger partial charge in [-0.2, -0.15) is 0 Å². The molecule has 1 saturated heterocycles. The van der Waals surface area contributed by atoms with Gasteiger partial charge in [-0.05, 0) is 68.5 Å². The molecule has 3 N–H and O–H groups in total. The van der Waals surface area contributed by atoms with Gasteiger partial charge in [0.2, 0.25) is 0 Å². The molecule has 0 bridgehead atoms. The number of aryl methyl sites for hydroxylation is 1. The molecule has 4 rings (SSSR count). The van der Waals surface area contributed by atoms with Crippen LogP contribution in [-0.4, -0.2) is 44.9 Å². The number of aromatic nitrogens is 1. The fourth-order valence-corrected chi connectivity index (χ4v) is 6.68. The summed E-state index contributed by atoms with van der Waals surface area (Å²) in [6.07, 6.45) is 2.03. The summed E-state index contributed by atoms with van der Waals surface area (Å²) in [6.45, 7) is 5.63. The normalized spacial score (nSPS) is 15.5. The third-order valence-electron chi connectivity index (χ3n) is 6.03. The summed E-state index contributed by atoms with van der Waals surface area (Å²) in [5.41, 5.74) is 1.67. The van der Waals surface area contributed by atoms with Crippen molar-refractivity contribution in [1.29, 1.82) is 0 Å². The van der Waals surface area contributed by atoms with Gasteiger partial charge < -0.3 is 19.9 Å². The summed E-state index contributed by atoms with van der Waals surface area (Å²) in [7, 11) is -2.63. The number of halogens is 1. The highest BCUT2D eigenvalue weighted by Crippen LogP contribution is 2.38. The highest BCUT2D eigenvalue weighted by molar-refractivity contribution is 7.92. The van der Waals surface area contributed by atoms with Crippen LogP contribution in [0, 0.1) is 12.8 Å². The van der Waals surface area contributed by atoms with Gasteiger partial charge in [-0.1, -0.05) is 22.9 Å². The molecule has 0 spiro atoms. The Morgan fingerprint density at radius 1 is 1.23 bits per heavy atom. The van der Waals surface area contributed by atoms with Crippen LogP contribution in [0.5, 0.6) is 11.5 Å². The van der Waals surface area contributed by atoms with Crippen molar-refractivity contribution in [3.8, 4) is 21.9 Å². The van der Waals surface area contributed by atoms with Crippen LogP contribution >= 0.6 is 22.9 Å². The molecule has 1 aliphatic rings. The zero-order chi connectivity index (χ0) is 25.2. The number of hydrogen-bond acceptors (Lipinski definition) is 8. The molecule has 2 aromatic carbocycles. The lowest BCUT2D eigenvalue weighted by Gasteiger charge is -2.28. The Morgan fingerprint density at radius 3 is 2.66 bits per heavy atom. The number of thiazole rings is 1. The first kappa shape index (κ1) is 25.6. The van der Waals surface area contributed by atoms with Gasteiger partial charge in [0.1, 0.15) is 16.4 Å². The lowest BCUT2D eigenvalue weighted by atomic mass is 9.93. The highest BCUT2D eigenvalue weighted by Gasteiger charge is 2.24. The molecule has 0 aliphatic carbocycles. The number of sulfonamides is 1. The smallest absolute Gasteiger partial charge is 0.265 e. The van der Waals surface area contributed by atoms with Crippen molar-refractivity contribution in [2.45, 2.75) is 37.6 Å². The van der Waals surface area contributed by atoms with Gasteiger partial charge in [-0.15, -0.1) is 0 Å². The maximum atomic E-state index is 13.3. The zero-order valence-electron chi connectivity index (χ0n) is 19.7. The van der Waals surface area contributed by atoms with Gasteiger partial charge in [-0.25, -0.2) is 13.4 Å². The SMILES string of the molecule is COc1ccc(-c2sc(NC(C)C3CCOCC3)nc2C)cc1S(=O)(=O)Nc1ccc(O)cc1Cl. The van der Waals surface area contributed by atoms with Crippen molar-refractivity contribution < 1.29 is 23.0 Å². The second-order valence-corrected chi connectivity index (χ2v) is 11.5. The Bertz CT molecular complexity index is 1310. The second kappa shape index (κ2) is 10.6. The third-order valence-corrected chi connectivity index (χ3v) is 8.87. The summed E-state index contributed by atoms with van der Waals surface area (Å²) < 4.78 is 39.8. The van der Waals surface area contributed by atoms with Gasteiger partial charge in [-0.3, -0.25) is 4.72 Å². The van der Waals surface area contributed by atoms with Gasteiger partial charge >= 0.3 is 0 Å². The average molecular weight is 538 g/mol. The second-order valence-electron chi connectivity index (χ2n) is 8.45. The average Bonchev–Trinajstić information content (AvgIpc) is 3.20. The quantitative estimate of drug-likeness (QED) is 0.325. The van der Waals surface area contributed by atoms with E-state index in [0.29, 0.717) is 11.5 Å². The van der Waals surface area contributed by atoms with E-state index in [-0.39, 0.29) is 33.1 Å². The topological polar surface area (TPSA) is 110 Å². The number of phenols is 1. The molecule has 35 heavy (non-hydrogen) atoms. The Hall–Kier alpha value is -2.53. The van der Waals surface area contributed by atoms with E-state index in [0.717, 1.165) is 41.8 Å². The number of nitrogens with one attached hydrogen (secondary N) is 2. The Morgan fingerprint density at radius 2 is 1.97 bits per heavy atom. The van der Waals surface area contributed by atoms with Crippen LogP contribution in [0.3, 0.4) is 0 Å². The largest absolute Gasteiger partial charge is 0.508 e. The monoisotopic (exact) mass is 537 g/mol. The van der Waals surface area contributed by atoms with Crippen LogP contribution in [0.15, 0.2) is 41.3 Å². The molecule has 1 unspecified atom stereocenters. The molecule has 0 saturated carbocycles. The van der Waals surface area contributed by atoms with E-state index in [2.05, 4.69) is 21.9 Å². The van der Waals surface area contributed by atoms with Gasteiger partial charge in [0.05, 0.1) is 28.4 Å². The van der Waals surface area contributed by atoms with E-state index < -0.39 is 10.0 Å². The number of hydrogen-bond donors (Lipinski definition) is 3. The van der Waals surface area contributed by atoms with Crippen LogP contribution in [0.2, 0.25) is 5.02 Å². The molecule has 0 radical (unpaired) electrons. The minimum absolute atomic E-state index is 0.0282. The summed E-state index contributed by atoms with van der Waals surface area (Å²) in [6, 6.07) is 9.29. The fourth-order valence-electron chi connectivity index (χ4n) is 4.07.